The molecule has 1 saturated heterocycles. The van der Waals surface area contributed by atoms with E-state index in [1.54, 1.807) is 13.1 Å². The topological polar surface area (TPSA) is 99.7 Å². The maximum atomic E-state index is 12.6. The fourth-order valence-electron chi connectivity index (χ4n) is 2.17. The second kappa shape index (κ2) is 5.87. The molecule has 118 valence electrons. The van der Waals surface area contributed by atoms with E-state index in [1.165, 1.54) is 21.0 Å². The van der Waals surface area contributed by atoms with Gasteiger partial charge in [-0.1, -0.05) is 0 Å². The molecule has 0 atom stereocenters. The monoisotopic (exact) mass is 334 g/mol. The molecule has 21 heavy (non-hydrogen) atoms. The van der Waals surface area contributed by atoms with Crippen molar-refractivity contribution in [2.75, 3.05) is 44.8 Å². The minimum Gasteiger partial charge on any atom is -0.387 e. The van der Waals surface area contributed by atoms with Gasteiger partial charge in [-0.25, -0.2) is 16.8 Å². The van der Waals surface area contributed by atoms with E-state index in [9.17, 15) is 16.8 Å². The van der Waals surface area contributed by atoms with Crippen molar-refractivity contribution < 1.29 is 16.8 Å². The van der Waals surface area contributed by atoms with E-state index < -0.39 is 20.0 Å². The molecular weight excluding hydrogens is 316 g/mol. The van der Waals surface area contributed by atoms with Crippen molar-refractivity contribution in [2.45, 2.75) is 4.90 Å². The third-order valence-corrected chi connectivity index (χ3v) is 6.57. The highest BCUT2D eigenvalue weighted by molar-refractivity contribution is 7.89. The molecule has 0 bridgehead atoms. The van der Waals surface area contributed by atoms with Gasteiger partial charge in [0.05, 0.1) is 11.9 Å². The summed E-state index contributed by atoms with van der Waals surface area (Å²) in [5, 5.41) is 2.82. The Morgan fingerprint density at radius 1 is 1.10 bits per heavy atom. The Hall–Kier alpha value is -1.23. The van der Waals surface area contributed by atoms with Crippen molar-refractivity contribution in [1.29, 1.82) is 0 Å². The van der Waals surface area contributed by atoms with E-state index in [4.69, 9.17) is 0 Å². The summed E-state index contributed by atoms with van der Waals surface area (Å²) < 4.78 is 50.7. The van der Waals surface area contributed by atoms with E-state index in [0.717, 1.165) is 6.26 Å². The molecule has 0 saturated carbocycles. The average molecular weight is 334 g/mol. The van der Waals surface area contributed by atoms with Gasteiger partial charge in [-0.3, -0.25) is 4.98 Å². The van der Waals surface area contributed by atoms with Crippen LogP contribution in [0.2, 0.25) is 0 Å². The quantitative estimate of drug-likeness (QED) is 0.788. The van der Waals surface area contributed by atoms with Crippen LogP contribution in [-0.4, -0.2) is 69.9 Å². The molecule has 1 aliphatic rings. The number of nitrogens with one attached hydrogen (secondary N) is 1. The summed E-state index contributed by atoms with van der Waals surface area (Å²) in [5.41, 5.74) is 0.468. The number of hydrogen-bond donors (Lipinski definition) is 1. The van der Waals surface area contributed by atoms with Crippen LogP contribution in [0.3, 0.4) is 0 Å². The van der Waals surface area contributed by atoms with Gasteiger partial charge in [-0.05, 0) is 6.07 Å². The molecule has 0 radical (unpaired) electrons. The first-order valence-electron chi connectivity index (χ1n) is 6.34. The van der Waals surface area contributed by atoms with Crippen molar-refractivity contribution in [2.24, 2.45) is 0 Å². The van der Waals surface area contributed by atoms with Gasteiger partial charge >= 0.3 is 0 Å². The standard InChI is InChI=1S/C11H18N4O4S2/c1-12-10-3-4-13-9-11(10)21(18,19)15-7-5-14(6-8-15)20(2,16)17/h3-4,9H,5-8H2,1-2H3,(H,12,13). The molecule has 8 nitrogen and oxygen atoms in total. The summed E-state index contributed by atoms with van der Waals surface area (Å²) in [7, 11) is -5.34. The van der Waals surface area contributed by atoms with Gasteiger partial charge in [-0.15, -0.1) is 0 Å². The molecule has 0 unspecified atom stereocenters. The predicted molar refractivity (Wildman–Crippen MR) is 79.0 cm³/mol. The fourth-order valence-corrected chi connectivity index (χ4v) is 4.56. The highest BCUT2D eigenvalue weighted by Crippen LogP contribution is 2.24. The van der Waals surface area contributed by atoms with E-state index in [2.05, 4.69) is 10.3 Å². The van der Waals surface area contributed by atoms with Crippen molar-refractivity contribution in [3.8, 4) is 0 Å². The van der Waals surface area contributed by atoms with Crippen LogP contribution in [0, 0.1) is 0 Å². The van der Waals surface area contributed by atoms with Crippen molar-refractivity contribution in [1.82, 2.24) is 13.6 Å². The Kier molecular flexibility index (Phi) is 4.51. The van der Waals surface area contributed by atoms with Crippen molar-refractivity contribution in [3.05, 3.63) is 18.5 Å². The zero-order valence-corrected chi connectivity index (χ0v) is 13.5. The molecule has 2 rings (SSSR count). The maximum absolute atomic E-state index is 12.6. The Labute approximate surface area is 124 Å². The highest BCUT2D eigenvalue weighted by Gasteiger charge is 2.32. The molecule has 10 heteroatoms. The van der Waals surface area contributed by atoms with E-state index in [-0.39, 0.29) is 31.1 Å². The predicted octanol–water partition coefficient (Wildman–Crippen LogP) is -0.611. The lowest BCUT2D eigenvalue weighted by atomic mass is 10.4. The summed E-state index contributed by atoms with van der Waals surface area (Å²) in [6.45, 7) is 0.585. The van der Waals surface area contributed by atoms with Crippen LogP contribution in [0.4, 0.5) is 5.69 Å². The number of rotatable bonds is 4. The van der Waals surface area contributed by atoms with Gasteiger partial charge in [0.25, 0.3) is 0 Å². The third-order valence-electron chi connectivity index (χ3n) is 3.34. The Bertz CT molecular complexity index is 709. The summed E-state index contributed by atoms with van der Waals surface area (Å²) in [6, 6.07) is 1.58. The number of anilines is 1. The Morgan fingerprint density at radius 2 is 1.67 bits per heavy atom. The molecule has 0 spiro atoms. The van der Waals surface area contributed by atoms with Gasteiger partial charge in [-0.2, -0.15) is 8.61 Å². The van der Waals surface area contributed by atoms with Crippen LogP contribution in [0.1, 0.15) is 0 Å². The maximum Gasteiger partial charge on any atom is 0.246 e. The van der Waals surface area contributed by atoms with Crippen LogP contribution in [0.25, 0.3) is 0 Å². The van der Waals surface area contributed by atoms with Gasteiger partial charge in [0, 0.05) is 45.6 Å². The zero-order valence-electron chi connectivity index (χ0n) is 11.9. The molecular formula is C11H18N4O4S2. The fraction of sp³-hybridized carbons (Fsp3) is 0.545. The molecule has 1 fully saturated rings. The zero-order chi connectivity index (χ0) is 15.7. The number of pyridine rings is 1. The molecule has 0 aliphatic carbocycles. The summed E-state index contributed by atoms with van der Waals surface area (Å²) >= 11 is 0. The van der Waals surface area contributed by atoms with Crippen LogP contribution in [-0.2, 0) is 20.0 Å². The smallest absolute Gasteiger partial charge is 0.246 e. The number of piperazine rings is 1. The molecule has 1 aromatic heterocycles. The van der Waals surface area contributed by atoms with Gasteiger partial charge < -0.3 is 5.32 Å². The normalized spacial score (nSPS) is 18.6. The molecule has 0 amide bonds. The molecule has 1 aromatic rings. The first-order valence-corrected chi connectivity index (χ1v) is 9.62. The van der Waals surface area contributed by atoms with E-state index in [0.29, 0.717) is 5.69 Å². The van der Waals surface area contributed by atoms with Gasteiger partial charge in [0.1, 0.15) is 4.90 Å². The SMILES string of the molecule is CNc1ccncc1S(=O)(=O)N1CCN(S(C)(=O)=O)CC1. The molecule has 2 heterocycles. The lowest BCUT2D eigenvalue weighted by molar-refractivity contribution is 0.274. The summed E-state index contributed by atoms with van der Waals surface area (Å²) in [4.78, 5) is 3.95. The second-order valence-corrected chi connectivity index (χ2v) is 8.58. The van der Waals surface area contributed by atoms with Crippen LogP contribution in [0.5, 0.6) is 0 Å². The number of nitrogens with zero attached hydrogens (tertiary/aromatic N) is 3. The van der Waals surface area contributed by atoms with E-state index in [1.807, 2.05) is 0 Å². The molecule has 1 N–H and O–H groups in total. The average Bonchev–Trinajstić information content (AvgIpc) is 2.46. The number of sulfonamides is 2. The van der Waals surface area contributed by atoms with Crippen molar-refractivity contribution >= 4 is 25.7 Å². The Morgan fingerprint density at radius 3 is 2.19 bits per heavy atom. The summed E-state index contributed by atoms with van der Waals surface area (Å²) in [5.74, 6) is 0. The molecule has 1 aliphatic heterocycles. The lowest BCUT2D eigenvalue weighted by Crippen LogP contribution is -2.50. The lowest BCUT2D eigenvalue weighted by Gasteiger charge is -2.32. The largest absolute Gasteiger partial charge is 0.387 e. The first-order chi connectivity index (χ1) is 9.76. The first kappa shape index (κ1) is 16.1. The van der Waals surface area contributed by atoms with Crippen molar-refractivity contribution in [3.63, 3.8) is 0 Å². The van der Waals surface area contributed by atoms with Crippen LogP contribution < -0.4 is 5.32 Å². The second-order valence-electron chi connectivity index (χ2n) is 4.69. The van der Waals surface area contributed by atoms with Crippen LogP contribution in [0.15, 0.2) is 23.4 Å². The molecule has 0 aromatic carbocycles. The van der Waals surface area contributed by atoms with Gasteiger partial charge in [0.15, 0.2) is 0 Å². The third kappa shape index (κ3) is 3.34. The Balaban J connectivity index is 2.23. The highest BCUT2D eigenvalue weighted by atomic mass is 32.2. The minimum absolute atomic E-state index is 0.0975. The number of hydrogen-bond acceptors (Lipinski definition) is 6. The minimum atomic E-state index is -3.69. The van der Waals surface area contributed by atoms with Crippen LogP contribution >= 0.6 is 0 Å². The summed E-state index contributed by atoms with van der Waals surface area (Å²) in [6.07, 6.45) is 3.92. The van der Waals surface area contributed by atoms with E-state index >= 15 is 0 Å². The van der Waals surface area contributed by atoms with Gasteiger partial charge in [0.2, 0.25) is 20.0 Å². The number of aromatic nitrogens is 1.